The first-order chi connectivity index (χ1) is 9.15. The van der Waals surface area contributed by atoms with Crippen molar-refractivity contribution in [1.29, 1.82) is 0 Å². The monoisotopic (exact) mass is 276 g/mol. The van der Waals surface area contributed by atoms with Crippen LogP contribution in [0.2, 0.25) is 0 Å². The van der Waals surface area contributed by atoms with Crippen LogP contribution in [0.25, 0.3) is 11.1 Å². The normalized spacial score (nSPS) is 10.9. The Hall–Kier alpha value is -2.41. The Kier molecular flexibility index (Phi) is 2.68. The van der Waals surface area contributed by atoms with Gasteiger partial charge in [-0.05, 0) is 12.1 Å². The number of rotatable bonds is 3. The van der Waals surface area contributed by atoms with E-state index >= 15 is 0 Å². The number of aromatic nitrogens is 2. The molecule has 2 aromatic heterocycles. The standard InChI is InChI=1S/C12H8N2O4S/c15-11(16)10-13-7(6-19-10)5-14-8-3-1-2-4-9(8)18-12(14)17/h1-4,6H,5H2,(H,15,16). The molecule has 19 heavy (non-hydrogen) atoms. The van der Waals surface area contributed by atoms with Crippen LogP contribution < -0.4 is 5.76 Å². The maximum Gasteiger partial charge on any atom is 0.420 e. The second-order valence-electron chi connectivity index (χ2n) is 3.87. The van der Waals surface area contributed by atoms with Crippen LogP contribution in [0, 0.1) is 0 Å². The average Bonchev–Trinajstić information content (AvgIpc) is 2.96. The molecule has 96 valence electrons. The third kappa shape index (κ3) is 2.04. The van der Waals surface area contributed by atoms with Crippen molar-refractivity contribution in [3.05, 3.63) is 50.9 Å². The minimum atomic E-state index is -1.07. The van der Waals surface area contributed by atoms with Gasteiger partial charge in [-0.15, -0.1) is 11.3 Å². The molecule has 6 nitrogen and oxygen atoms in total. The Bertz CT molecular complexity index is 814. The van der Waals surface area contributed by atoms with E-state index in [0.717, 1.165) is 11.3 Å². The van der Waals surface area contributed by atoms with Gasteiger partial charge in [0.15, 0.2) is 5.58 Å². The number of oxazole rings is 1. The summed E-state index contributed by atoms with van der Waals surface area (Å²) in [5.74, 6) is -1.55. The van der Waals surface area contributed by atoms with Gasteiger partial charge in [-0.3, -0.25) is 4.57 Å². The van der Waals surface area contributed by atoms with Crippen LogP contribution >= 0.6 is 11.3 Å². The smallest absolute Gasteiger partial charge is 0.420 e. The molecule has 0 amide bonds. The van der Waals surface area contributed by atoms with E-state index in [2.05, 4.69) is 4.98 Å². The van der Waals surface area contributed by atoms with Crippen molar-refractivity contribution in [1.82, 2.24) is 9.55 Å². The lowest BCUT2D eigenvalue weighted by Gasteiger charge is -1.98. The molecule has 0 aliphatic carbocycles. The number of carboxylic acid groups (broad SMARTS) is 1. The Morgan fingerprint density at radius 2 is 2.21 bits per heavy atom. The predicted octanol–water partition coefficient (Wildman–Crippen LogP) is 1.80. The molecule has 0 saturated heterocycles. The fourth-order valence-corrected chi connectivity index (χ4v) is 2.45. The average molecular weight is 276 g/mol. The molecule has 2 heterocycles. The fraction of sp³-hybridized carbons (Fsp3) is 0.0833. The predicted molar refractivity (Wildman–Crippen MR) is 68.6 cm³/mol. The largest absolute Gasteiger partial charge is 0.476 e. The van der Waals surface area contributed by atoms with Crippen LogP contribution in [-0.4, -0.2) is 20.6 Å². The Balaban J connectivity index is 2.03. The molecule has 0 radical (unpaired) electrons. The summed E-state index contributed by atoms with van der Waals surface area (Å²) >= 11 is 1.03. The SMILES string of the molecule is O=C(O)c1nc(Cn2c(=O)oc3ccccc32)cs1. The van der Waals surface area contributed by atoms with Crippen molar-refractivity contribution in [2.24, 2.45) is 0 Å². The van der Waals surface area contributed by atoms with E-state index < -0.39 is 11.7 Å². The molecule has 0 fully saturated rings. The molecule has 7 heteroatoms. The summed E-state index contributed by atoms with van der Waals surface area (Å²) in [6, 6.07) is 7.06. The van der Waals surface area contributed by atoms with Crippen LogP contribution in [0.1, 0.15) is 15.5 Å². The van der Waals surface area contributed by atoms with Crippen LogP contribution in [0.5, 0.6) is 0 Å². The number of fused-ring (bicyclic) bond motifs is 1. The first-order valence-corrected chi connectivity index (χ1v) is 6.29. The highest BCUT2D eigenvalue weighted by Gasteiger charge is 2.13. The van der Waals surface area contributed by atoms with Crippen molar-refractivity contribution in [3.8, 4) is 0 Å². The number of para-hydroxylation sites is 2. The van der Waals surface area contributed by atoms with Crippen LogP contribution in [0.4, 0.5) is 0 Å². The van der Waals surface area contributed by atoms with Crippen LogP contribution in [-0.2, 0) is 6.54 Å². The quantitative estimate of drug-likeness (QED) is 0.788. The van der Waals surface area contributed by atoms with Crippen molar-refractivity contribution in [2.75, 3.05) is 0 Å². The summed E-state index contributed by atoms with van der Waals surface area (Å²) in [5.41, 5.74) is 1.69. The number of hydrogen-bond acceptors (Lipinski definition) is 5. The summed E-state index contributed by atoms with van der Waals surface area (Å²) in [4.78, 5) is 26.4. The fourth-order valence-electron chi connectivity index (χ4n) is 1.80. The Labute approximate surface area is 110 Å². The maximum atomic E-state index is 11.7. The van der Waals surface area contributed by atoms with Gasteiger partial charge in [0.25, 0.3) is 0 Å². The third-order valence-corrected chi connectivity index (χ3v) is 3.51. The molecule has 0 saturated carbocycles. The van der Waals surface area contributed by atoms with Gasteiger partial charge >= 0.3 is 11.7 Å². The highest BCUT2D eigenvalue weighted by molar-refractivity contribution is 7.11. The Morgan fingerprint density at radius 3 is 2.95 bits per heavy atom. The molecule has 1 aromatic carbocycles. The van der Waals surface area contributed by atoms with Gasteiger partial charge in [0.2, 0.25) is 5.01 Å². The molecule has 0 bridgehead atoms. The molecule has 3 rings (SSSR count). The second-order valence-corrected chi connectivity index (χ2v) is 4.73. The molecule has 0 spiro atoms. The number of aromatic carboxylic acids is 1. The van der Waals surface area contributed by atoms with Crippen molar-refractivity contribution < 1.29 is 14.3 Å². The number of hydrogen-bond donors (Lipinski definition) is 1. The van der Waals surface area contributed by atoms with E-state index in [9.17, 15) is 9.59 Å². The van der Waals surface area contributed by atoms with Gasteiger partial charge in [0.1, 0.15) is 0 Å². The molecule has 0 unspecified atom stereocenters. The van der Waals surface area contributed by atoms with E-state index in [1.165, 1.54) is 4.57 Å². The minimum Gasteiger partial charge on any atom is -0.476 e. The van der Waals surface area contributed by atoms with E-state index in [1.807, 2.05) is 0 Å². The number of benzene rings is 1. The zero-order valence-corrected chi connectivity index (χ0v) is 10.4. The molecule has 0 aliphatic rings. The van der Waals surface area contributed by atoms with Gasteiger partial charge in [-0.1, -0.05) is 12.1 Å². The lowest BCUT2D eigenvalue weighted by atomic mass is 10.3. The van der Waals surface area contributed by atoms with Crippen molar-refractivity contribution in [3.63, 3.8) is 0 Å². The summed E-state index contributed by atoms with van der Waals surface area (Å²) in [6.07, 6.45) is 0. The zero-order chi connectivity index (χ0) is 13.4. The van der Waals surface area contributed by atoms with E-state index in [-0.39, 0.29) is 11.6 Å². The molecule has 3 aromatic rings. The van der Waals surface area contributed by atoms with Gasteiger partial charge in [0.05, 0.1) is 17.8 Å². The number of carbonyl (C=O) groups is 1. The first kappa shape index (κ1) is 11.7. The molecule has 1 N–H and O–H groups in total. The van der Waals surface area contributed by atoms with E-state index in [0.29, 0.717) is 16.8 Å². The number of carboxylic acids is 1. The first-order valence-electron chi connectivity index (χ1n) is 5.41. The topological polar surface area (TPSA) is 85.3 Å². The van der Waals surface area contributed by atoms with Crippen LogP contribution in [0.15, 0.2) is 38.9 Å². The summed E-state index contributed by atoms with van der Waals surface area (Å²) in [5, 5.41) is 10.4. The zero-order valence-electron chi connectivity index (χ0n) is 9.57. The number of nitrogens with zero attached hydrogens (tertiary/aromatic N) is 2. The third-order valence-electron chi connectivity index (χ3n) is 2.63. The summed E-state index contributed by atoms with van der Waals surface area (Å²) < 4.78 is 6.52. The molecule has 0 aliphatic heterocycles. The Morgan fingerprint density at radius 1 is 1.42 bits per heavy atom. The summed E-state index contributed by atoms with van der Waals surface area (Å²) in [7, 11) is 0. The van der Waals surface area contributed by atoms with Gasteiger partial charge in [0, 0.05) is 5.38 Å². The van der Waals surface area contributed by atoms with Crippen molar-refractivity contribution >= 4 is 28.4 Å². The number of thiazole rings is 1. The highest BCUT2D eigenvalue weighted by atomic mass is 32.1. The molecule has 0 atom stereocenters. The minimum absolute atomic E-state index is 0.0100. The maximum absolute atomic E-state index is 11.7. The molecular formula is C12H8N2O4S. The molecular weight excluding hydrogens is 268 g/mol. The van der Waals surface area contributed by atoms with Crippen molar-refractivity contribution in [2.45, 2.75) is 6.54 Å². The lowest BCUT2D eigenvalue weighted by molar-refractivity contribution is 0.0696. The second kappa shape index (κ2) is 4.36. The van der Waals surface area contributed by atoms with Gasteiger partial charge < -0.3 is 9.52 Å². The van der Waals surface area contributed by atoms with E-state index in [1.54, 1.807) is 29.6 Å². The lowest BCUT2D eigenvalue weighted by Crippen LogP contribution is -2.15. The van der Waals surface area contributed by atoms with Crippen LogP contribution in [0.3, 0.4) is 0 Å². The summed E-state index contributed by atoms with van der Waals surface area (Å²) in [6.45, 7) is 0.194. The highest BCUT2D eigenvalue weighted by Crippen LogP contribution is 2.15. The van der Waals surface area contributed by atoms with Gasteiger partial charge in [-0.2, -0.15) is 0 Å². The van der Waals surface area contributed by atoms with Gasteiger partial charge in [-0.25, -0.2) is 14.6 Å². The van der Waals surface area contributed by atoms with E-state index in [4.69, 9.17) is 9.52 Å².